The maximum Gasteiger partial charge on any atom is 0.506 e. The highest BCUT2D eigenvalue weighted by Crippen LogP contribution is 2.43. The van der Waals surface area contributed by atoms with Gasteiger partial charge >= 0.3 is 6.16 Å². The largest absolute Gasteiger partial charge is 0.507 e. The van der Waals surface area contributed by atoms with Crippen molar-refractivity contribution in [3.8, 4) is 28.4 Å². The van der Waals surface area contributed by atoms with Crippen LogP contribution in [0.1, 0.15) is 78.5 Å². The van der Waals surface area contributed by atoms with E-state index in [1.54, 1.807) is 28.1 Å². The van der Waals surface area contributed by atoms with Gasteiger partial charge in [-0.1, -0.05) is 77.9 Å². The number of ether oxygens (including phenoxy) is 3. The first-order chi connectivity index (χ1) is 18.5. The Morgan fingerprint density at radius 2 is 1.35 bits per heavy atom. The molecular weight excluding hydrogens is 504 g/mol. The highest BCUT2D eigenvalue weighted by atomic mass is 16.7. The van der Waals surface area contributed by atoms with E-state index in [9.17, 15) is 9.90 Å². The van der Waals surface area contributed by atoms with Gasteiger partial charge in [0.05, 0.1) is 14.2 Å². The lowest BCUT2D eigenvalue weighted by Gasteiger charge is -2.24. The maximum absolute atomic E-state index is 11.0. The van der Waals surface area contributed by atoms with Gasteiger partial charge in [-0.05, 0) is 78.5 Å². The van der Waals surface area contributed by atoms with Crippen LogP contribution in [0.2, 0.25) is 0 Å². The molecule has 218 valence electrons. The molecule has 3 rings (SSSR count). The number of carboxylic acid groups (broad SMARTS) is 1. The minimum atomic E-state index is -1.21. The van der Waals surface area contributed by atoms with Crippen molar-refractivity contribution in [2.45, 2.75) is 84.7 Å². The molecule has 0 amide bonds. The van der Waals surface area contributed by atoms with Crippen molar-refractivity contribution in [1.82, 2.24) is 0 Å². The molecule has 0 aromatic heterocycles. The smallest absolute Gasteiger partial charge is 0.506 e. The summed E-state index contributed by atoms with van der Waals surface area (Å²) in [6.07, 6.45) is 0.290. The van der Waals surface area contributed by atoms with Gasteiger partial charge in [0.2, 0.25) is 0 Å². The van der Waals surface area contributed by atoms with E-state index in [1.807, 2.05) is 54.6 Å². The topological polar surface area (TPSA) is 85.2 Å². The third-order valence-electron chi connectivity index (χ3n) is 6.67. The molecule has 40 heavy (non-hydrogen) atoms. The number of aryl methyl sites for hydroxylation is 1. The van der Waals surface area contributed by atoms with Crippen LogP contribution in [-0.2, 0) is 22.0 Å². The molecule has 0 heterocycles. The van der Waals surface area contributed by atoms with Gasteiger partial charge in [0.15, 0.2) is 0 Å². The first-order valence-electron chi connectivity index (χ1n) is 13.5. The molecule has 2 N–H and O–H groups in total. The summed E-state index contributed by atoms with van der Waals surface area (Å²) in [5, 5.41) is 19.5. The zero-order valence-corrected chi connectivity index (χ0v) is 25.7. The summed E-state index contributed by atoms with van der Waals surface area (Å²) < 4.78 is 15.7. The molecule has 6 heteroatoms. The SMILES string of the molecule is CC(C)(CCc1ccccc1)OC(=O)O.COc1cc(-c2cc(OC)cc(C(C)(C)C)c2O)cc(C(C)(C)C)c1. The molecule has 0 fully saturated rings. The normalized spacial score (nSPS) is 11.8. The molecule has 6 nitrogen and oxygen atoms in total. The van der Waals surface area contributed by atoms with Crippen LogP contribution in [0.4, 0.5) is 4.79 Å². The fraction of sp³-hybridized carbons (Fsp3) is 0.441. The van der Waals surface area contributed by atoms with Gasteiger partial charge in [0, 0.05) is 11.1 Å². The summed E-state index contributed by atoms with van der Waals surface area (Å²) >= 11 is 0. The van der Waals surface area contributed by atoms with Crippen LogP contribution in [-0.4, -0.2) is 36.2 Å². The van der Waals surface area contributed by atoms with Gasteiger partial charge in [0.1, 0.15) is 22.8 Å². The Morgan fingerprint density at radius 1 is 0.775 bits per heavy atom. The summed E-state index contributed by atoms with van der Waals surface area (Å²) in [5.41, 5.74) is 4.05. The number of hydrogen-bond acceptors (Lipinski definition) is 5. The minimum Gasteiger partial charge on any atom is -0.507 e. The van der Waals surface area contributed by atoms with Gasteiger partial charge in [-0.2, -0.15) is 0 Å². The Morgan fingerprint density at radius 3 is 1.85 bits per heavy atom. The molecule has 0 saturated heterocycles. The quantitative estimate of drug-likeness (QED) is 0.286. The van der Waals surface area contributed by atoms with Crippen molar-refractivity contribution in [1.29, 1.82) is 0 Å². The van der Waals surface area contributed by atoms with E-state index in [2.05, 4.69) is 47.6 Å². The third kappa shape index (κ3) is 9.51. The number of carbonyl (C=O) groups is 1. The van der Waals surface area contributed by atoms with Crippen LogP contribution < -0.4 is 9.47 Å². The van der Waals surface area contributed by atoms with Crippen molar-refractivity contribution < 1.29 is 29.2 Å². The van der Waals surface area contributed by atoms with E-state index in [0.29, 0.717) is 12.2 Å². The molecule has 0 aliphatic rings. The lowest BCUT2D eigenvalue weighted by atomic mass is 9.82. The van der Waals surface area contributed by atoms with Crippen molar-refractivity contribution in [2.75, 3.05) is 14.2 Å². The van der Waals surface area contributed by atoms with E-state index in [0.717, 1.165) is 40.2 Å². The Labute approximate surface area is 239 Å². The van der Waals surface area contributed by atoms with Crippen molar-refractivity contribution in [3.05, 3.63) is 77.4 Å². The number of rotatable bonds is 7. The van der Waals surface area contributed by atoms with E-state index in [1.165, 1.54) is 5.56 Å². The highest BCUT2D eigenvalue weighted by molar-refractivity contribution is 5.76. The first-order valence-corrected chi connectivity index (χ1v) is 13.5. The zero-order valence-electron chi connectivity index (χ0n) is 25.7. The molecule has 0 atom stereocenters. The second kappa shape index (κ2) is 13.1. The lowest BCUT2D eigenvalue weighted by Crippen LogP contribution is -2.27. The van der Waals surface area contributed by atoms with Crippen molar-refractivity contribution in [3.63, 3.8) is 0 Å². The predicted octanol–water partition coefficient (Wildman–Crippen LogP) is 8.76. The lowest BCUT2D eigenvalue weighted by molar-refractivity contribution is -0.000734. The number of benzene rings is 3. The average molecular weight is 551 g/mol. The first kappa shape index (κ1) is 32.5. The zero-order chi connectivity index (χ0) is 30.3. The summed E-state index contributed by atoms with van der Waals surface area (Å²) in [7, 11) is 3.31. The molecule has 0 aliphatic carbocycles. The van der Waals surface area contributed by atoms with Gasteiger partial charge in [-0.15, -0.1) is 0 Å². The van der Waals surface area contributed by atoms with Gasteiger partial charge in [-0.3, -0.25) is 0 Å². The van der Waals surface area contributed by atoms with Crippen LogP contribution in [0.15, 0.2) is 60.7 Å². The molecule has 0 radical (unpaired) electrons. The summed E-state index contributed by atoms with van der Waals surface area (Å²) in [6, 6.07) is 19.9. The molecule has 3 aromatic carbocycles. The number of aromatic hydroxyl groups is 1. The van der Waals surface area contributed by atoms with Gasteiger partial charge < -0.3 is 24.4 Å². The molecule has 0 spiro atoms. The molecular formula is C34H46O6. The van der Waals surface area contributed by atoms with Crippen LogP contribution >= 0.6 is 0 Å². The predicted molar refractivity (Wildman–Crippen MR) is 162 cm³/mol. The molecule has 0 saturated carbocycles. The Bertz CT molecular complexity index is 1260. The second-order valence-corrected chi connectivity index (χ2v) is 12.6. The van der Waals surface area contributed by atoms with Crippen LogP contribution in [0.5, 0.6) is 17.2 Å². The second-order valence-electron chi connectivity index (χ2n) is 12.6. The molecule has 0 bridgehead atoms. The molecule has 0 aliphatic heterocycles. The van der Waals surface area contributed by atoms with Crippen molar-refractivity contribution >= 4 is 6.16 Å². The van der Waals surface area contributed by atoms with Crippen molar-refractivity contribution in [2.24, 2.45) is 0 Å². The maximum atomic E-state index is 11.0. The number of methoxy groups -OCH3 is 2. The third-order valence-corrected chi connectivity index (χ3v) is 6.67. The fourth-order valence-electron chi connectivity index (χ4n) is 4.20. The van der Waals surface area contributed by atoms with Crippen LogP contribution in [0.25, 0.3) is 11.1 Å². The summed E-state index contributed by atoms with van der Waals surface area (Å²) in [5.74, 6) is 1.81. The number of phenolic OH excluding ortho intramolecular Hbond substituents is 1. The minimum absolute atomic E-state index is 0.0232. The molecule has 0 unspecified atom stereocenters. The van der Waals surface area contributed by atoms with E-state index >= 15 is 0 Å². The Hall–Kier alpha value is -3.67. The summed E-state index contributed by atoms with van der Waals surface area (Å²) in [4.78, 5) is 10.4. The van der Waals surface area contributed by atoms with Gasteiger partial charge in [0.25, 0.3) is 0 Å². The number of phenols is 1. The fourth-order valence-corrected chi connectivity index (χ4v) is 4.20. The van der Waals surface area contributed by atoms with E-state index in [4.69, 9.17) is 19.3 Å². The highest BCUT2D eigenvalue weighted by Gasteiger charge is 2.24. The summed E-state index contributed by atoms with van der Waals surface area (Å²) in [6.45, 7) is 16.3. The average Bonchev–Trinajstić information content (AvgIpc) is 2.86. The monoisotopic (exact) mass is 550 g/mol. The standard InChI is InChI=1S/C22H30O3.C12H16O3/c1-21(2,3)15-9-14(10-16(11-15)24-7)18-12-17(25-8)13-19(20(18)23)22(4,5)6;1-12(2,15-11(13)14)9-8-10-6-4-3-5-7-10/h9-13,23H,1-8H3;3-7H,8-9H2,1-2H3,(H,13,14). The van der Waals surface area contributed by atoms with Gasteiger partial charge in [-0.25, -0.2) is 4.79 Å². The Balaban J connectivity index is 0.000000319. The molecule has 3 aromatic rings. The number of hydrogen-bond donors (Lipinski definition) is 2. The van der Waals surface area contributed by atoms with E-state index < -0.39 is 11.8 Å². The van der Waals surface area contributed by atoms with E-state index in [-0.39, 0.29) is 10.8 Å². The van der Waals surface area contributed by atoms with Crippen LogP contribution in [0, 0.1) is 0 Å². The Kier molecular flexibility index (Phi) is 10.7. The van der Waals surface area contributed by atoms with Crippen LogP contribution in [0.3, 0.4) is 0 Å².